The maximum Gasteiger partial charge on any atom is 0.256 e. The number of hydrogen-bond donors (Lipinski definition) is 0. The highest BCUT2D eigenvalue weighted by atomic mass is 15.1. The van der Waals surface area contributed by atoms with Gasteiger partial charge in [-0.2, -0.15) is 0 Å². The van der Waals surface area contributed by atoms with Gasteiger partial charge in [-0.1, -0.05) is 117 Å². The Balaban J connectivity index is 2.22. The van der Waals surface area contributed by atoms with E-state index in [1.54, 1.807) is 5.82 Å². The molecule has 0 N–H and O–H groups in total. The minimum atomic E-state index is 1.22. The second-order valence-electron chi connectivity index (χ2n) is 9.86. The molecule has 0 saturated carbocycles. The normalized spacial score (nSPS) is 11.5. The largest absolute Gasteiger partial charge is 0.256 e. The molecule has 31 heavy (non-hydrogen) atoms. The molecule has 0 aromatic carbocycles. The average molecular weight is 434 g/mol. The van der Waals surface area contributed by atoms with Gasteiger partial charge in [-0.15, -0.1) is 0 Å². The fourth-order valence-electron chi connectivity index (χ4n) is 4.71. The van der Waals surface area contributed by atoms with Crippen LogP contribution in [0.3, 0.4) is 0 Å². The number of nitrogens with zero attached hydrogens (tertiary/aromatic N) is 2. The Labute approximate surface area is 196 Å². The van der Waals surface area contributed by atoms with E-state index in [0.29, 0.717) is 0 Å². The minimum absolute atomic E-state index is 1.22. The van der Waals surface area contributed by atoms with Crippen molar-refractivity contribution in [2.24, 2.45) is 0 Å². The Kier molecular flexibility index (Phi) is 19.2. The molecule has 0 radical (unpaired) electrons. The van der Waals surface area contributed by atoms with Crippen LogP contribution in [-0.4, -0.2) is 4.57 Å². The lowest BCUT2D eigenvalue weighted by molar-refractivity contribution is -0.704. The quantitative estimate of drug-likeness (QED) is 0.120. The number of hydrogen-bond acceptors (Lipinski definition) is 0. The lowest BCUT2D eigenvalue weighted by Crippen LogP contribution is -2.37. The maximum absolute atomic E-state index is 2.57. The SMILES string of the molecule is CCCCCCCCCCCCn1cc[n+](CCCCCCCCCC)c1CCCC. The number of aryl methyl sites for hydroxylation is 2. The van der Waals surface area contributed by atoms with Gasteiger partial charge >= 0.3 is 0 Å². The van der Waals surface area contributed by atoms with E-state index in [1.807, 2.05) is 0 Å². The van der Waals surface area contributed by atoms with E-state index < -0.39 is 0 Å². The first-order chi connectivity index (χ1) is 15.3. The van der Waals surface area contributed by atoms with Crippen molar-refractivity contribution in [3.8, 4) is 0 Å². The standard InChI is InChI=1S/C29H57N2/c1-4-7-10-12-14-16-17-19-21-23-26-31-28-27-30(29(31)24-9-6-3)25-22-20-18-15-13-11-8-5-2/h27-28H,4-26H2,1-3H3/q+1. The molecule has 0 aliphatic heterocycles. The van der Waals surface area contributed by atoms with Crippen molar-refractivity contribution in [3.63, 3.8) is 0 Å². The first kappa shape index (κ1) is 28.2. The second kappa shape index (κ2) is 21.1. The zero-order chi connectivity index (χ0) is 22.4. The Hall–Kier alpha value is -0.790. The lowest BCUT2D eigenvalue weighted by Gasteiger charge is -2.06. The van der Waals surface area contributed by atoms with E-state index in [1.165, 1.54) is 148 Å². The first-order valence-electron chi connectivity index (χ1n) is 14.4. The summed E-state index contributed by atoms with van der Waals surface area (Å²) in [6, 6.07) is 0. The van der Waals surface area contributed by atoms with Crippen molar-refractivity contribution in [1.82, 2.24) is 4.57 Å². The summed E-state index contributed by atoms with van der Waals surface area (Å²) in [6.07, 6.45) is 34.1. The smallest absolute Gasteiger partial charge is 0.234 e. The summed E-state index contributed by atoms with van der Waals surface area (Å²) in [4.78, 5) is 0. The van der Waals surface area contributed by atoms with E-state index in [0.717, 1.165) is 0 Å². The van der Waals surface area contributed by atoms with Crippen molar-refractivity contribution in [2.45, 2.75) is 169 Å². The summed E-state index contributed by atoms with van der Waals surface area (Å²) in [6.45, 7) is 9.36. The molecule has 182 valence electrons. The molecule has 1 aromatic heterocycles. The van der Waals surface area contributed by atoms with E-state index in [2.05, 4.69) is 42.3 Å². The molecule has 2 nitrogen and oxygen atoms in total. The summed E-state index contributed by atoms with van der Waals surface area (Å²) in [5.41, 5.74) is 0. The van der Waals surface area contributed by atoms with Gasteiger partial charge in [0, 0.05) is 6.42 Å². The zero-order valence-corrected chi connectivity index (χ0v) is 21.8. The predicted octanol–water partition coefficient (Wildman–Crippen LogP) is 9.18. The van der Waals surface area contributed by atoms with Crippen LogP contribution in [0.1, 0.15) is 155 Å². The molecule has 1 heterocycles. The highest BCUT2D eigenvalue weighted by Gasteiger charge is 2.16. The molecule has 0 spiro atoms. The van der Waals surface area contributed by atoms with Crippen molar-refractivity contribution in [3.05, 3.63) is 18.2 Å². The molecule has 1 rings (SSSR count). The second-order valence-corrected chi connectivity index (χ2v) is 9.86. The molecule has 0 atom stereocenters. The molecule has 0 amide bonds. The van der Waals surface area contributed by atoms with Gasteiger partial charge in [0.15, 0.2) is 0 Å². The summed E-state index contributed by atoms with van der Waals surface area (Å²) in [7, 11) is 0. The molecule has 0 unspecified atom stereocenters. The van der Waals surface area contributed by atoms with E-state index in [4.69, 9.17) is 0 Å². The average Bonchev–Trinajstić information content (AvgIpc) is 3.16. The Bertz CT molecular complexity index is 491. The summed E-state index contributed by atoms with van der Waals surface area (Å²) >= 11 is 0. The molecule has 0 fully saturated rings. The molecular weight excluding hydrogens is 376 g/mol. The van der Waals surface area contributed by atoms with Gasteiger partial charge in [-0.3, -0.25) is 0 Å². The lowest BCUT2D eigenvalue weighted by atomic mass is 10.1. The van der Waals surface area contributed by atoms with E-state index >= 15 is 0 Å². The summed E-state index contributed by atoms with van der Waals surface area (Å²) in [5.74, 6) is 1.58. The highest BCUT2D eigenvalue weighted by molar-refractivity contribution is 4.84. The van der Waals surface area contributed by atoms with Gasteiger partial charge in [0.2, 0.25) is 0 Å². The van der Waals surface area contributed by atoms with Gasteiger partial charge in [-0.05, 0) is 32.1 Å². The summed E-state index contributed by atoms with van der Waals surface area (Å²) in [5, 5.41) is 0. The third-order valence-corrected chi connectivity index (χ3v) is 6.85. The molecule has 2 heteroatoms. The van der Waals surface area contributed by atoms with Crippen molar-refractivity contribution in [2.75, 3.05) is 0 Å². The number of rotatable bonds is 23. The Morgan fingerprint density at radius 2 is 1.00 bits per heavy atom. The van der Waals surface area contributed by atoms with Gasteiger partial charge < -0.3 is 0 Å². The third-order valence-electron chi connectivity index (χ3n) is 6.85. The monoisotopic (exact) mass is 433 g/mol. The topological polar surface area (TPSA) is 8.81 Å². The minimum Gasteiger partial charge on any atom is -0.234 e. The number of unbranched alkanes of at least 4 members (excludes halogenated alkanes) is 17. The van der Waals surface area contributed by atoms with E-state index in [-0.39, 0.29) is 0 Å². The van der Waals surface area contributed by atoms with Crippen LogP contribution >= 0.6 is 0 Å². The van der Waals surface area contributed by atoms with Crippen molar-refractivity contribution < 1.29 is 4.57 Å². The van der Waals surface area contributed by atoms with Crippen molar-refractivity contribution >= 4 is 0 Å². The molecule has 0 saturated heterocycles. The van der Waals surface area contributed by atoms with Gasteiger partial charge in [0.05, 0.1) is 13.1 Å². The third kappa shape index (κ3) is 14.8. The van der Waals surface area contributed by atoms with Gasteiger partial charge in [0.25, 0.3) is 5.82 Å². The molecule has 0 bridgehead atoms. The van der Waals surface area contributed by atoms with Gasteiger partial charge in [-0.25, -0.2) is 9.13 Å². The Morgan fingerprint density at radius 3 is 1.52 bits per heavy atom. The van der Waals surface area contributed by atoms with Gasteiger partial charge in [0.1, 0.15) is 12.4 Å². The van der Waals surface area contributed by atoms with E-state index in [9.17, 15) is 0 Å². The maximum atomic E-state index is 2.57. The summed E-state index contributed by atoms with van der Waals surface area (Å²) < 4.78 is 5.15. The highest BCUT2D eigenvalue weighted by Crippen LogP contribution is 2.12. The molecule has 1 aromatic rings. The van der Waals surface area contributed by atoms with Crippen molar-refractivity contribution in [1.29, 1.82) is 0 Å². The molecular formula is C29H57N2+. The van der Waals surface area contributed by atoms with Crippen LogP contribution in [0.15, 0.2) is 12.4 Å². The van der Waals surface area contributed by atoms with Crippen LogP contribution in [0.2, 0.25) is 0 Å². The first-order valence-corrected chi connectivity index (χ1v) is 14.4. The number of imidazole rings is 1. The van der Waals surface area contributed by atoms with Crippen LogP contribution in [0, 0.1) is 0 Å². The Morgan fingerprint density at radius 1 is 0.548 bits per heavy atom. The molecule has 0 aliphatic carbocycles. The fraction of sp³-hybridized carbons (Fsp3) is 0.897. The van der Waals surface area contributed by atoms with Crippen LogP contribution < -0.4 is 4.57 Å². The van der Waals surface area contributed by atoms with Crippen LogP contribution in [0.4, 0.5) is 0 Å². The predicted molar refractivity (Wildman–Crippen MR) is 138 cm³/mol. The van der Waals surface area contributed by atoms with Crippen LogP contribution in [0.5, 0.6) is 0 Å². The number of aromatic nitrogens is 2. The van der Waals surface area contributed by atoms with Crippen LogP contribution in [-0.2, 0) is 19.5 Å². The molecule has 0 aliphatic rings. The zero-order valence-electron chi connectivity index (χ0n) is 21.8. The fourth-order valence-corrected chi connectivity index (χ4v) is 4.71. The van der Waals surface area contributed by atoms with Crippen LogP contribution in [0.25, 0.3) is 0 Å².